The molecular formula is C27H24N4O2S. The van der Waals surface area contributed by atoms with Crippen molar-refractivity contribution in [1.29, 1.82) is 0 Å². The Kier molecular flexibility index (Phi) is 6.35. The number of rotatable bonds is 5. The number of carbonyl (C=O) groups is 1. The average molecular weight is 469 g/mol. The summed E-state index contributed by atoms with van der Waals surface area (Å²) in [5.41, 5.74) is 7.86. The van der Waals surface area contributed by atoms with Crippen LogP contribution >= 0.6 is 11.3 Å². The van der Waals surface area contributed by atoms with Crippen LogP contribution in [0, 0.1) is 6.92 Å². The summed E-state index contributed by atoms with van der Waals surface area (Å²) in [4.78, 5) is 22.2. The van der Waals surface area contributed by atoms with Crippen LogP contribution < -0.4 is 10.1 Å². The molecule has 5 aromatic rings. The van der Waals surface area contributed by atoms with Crippen LogP contribution in [0.1, 0.15) is 22.4 Å². The van der Waals surface area contributed by atoms with E-state index < -0.39 is 0 Å². The number of imidazole rings is 1. The Bertz CT molecular complexity index is 1430. The molecule has 0 spiro atoms. The number of fused-ring (bicyclic) bond motifs is 2. The quantitative estimate of drug-likeness (QED) is 0.321. The zero-order valence-electron chi connectivity index (χ0n) is 18.7. The molecule has 1 aliphatic heterocycles. The van der Waals surface area contributed by atoms with Gasteiger partial charge < -0.3 is 9.72 Å². The molecule has 0 saturated heterocycles. The number of ether oxygens (including phenoxy) is 1. The van der Waals surface area contributed by atoms with Gasteiger partial charge in [-0.05, 0) is 60.4 Å². The molecule has 2 aromatic heterocycles. The van der Waals surface area contributed by atoms with E-state index in [2.05, 4.69) is 68.1 Å². The van der Waals surface area contributed by atoms with Gasteiger partial charge in [-0.15, -0.1) is 11.3 Å². The van der Waals surface area contributed by atoms with Crippen LogP contribution in [0.15, 0.2) is 72.1 Å². The number of thiazole rings is 1. The molecule has 7 heteroatoms. The Morgan fingerprint density at radius 2 is 1.94 bits per heavy atom. The standard InChI is InChI=1S/C15H13N3O.C12H11NOS/c19-10-16-15-17-13-7-6-12(9-14(13)18-15)8-11-4-2-1-3-5-11;1-8-7-15-12(13-8)10-2-3-11-9(6-10)4-5-14-11/h1-7,9-10H,8H2,(H2,16,17,18,19);2-3,6-7H,4-5H2,1H3. The fraction of sp³-hybridized carbons (Fsp3) is 0.148. The molecule has 1 amide bonds. The summed E-state index contributed by atoms with van der Waals surface area (Å²) in [6.07, 6.45) is 2.52. The number of aromatic nitrogens is 3. The topological polar surface area (TPSA) is 79.9 Å². The number of amides is 1. The molecule has 34 heavy (non-hydrogen) atoms. The number of carbonyl (C=O) groups excluding carboxylic acids is 1. The van der Waals surface area contributed by atoms with Gasteiger partial charge in [0.2, 0.25) is 12.4 Å². The monoisotopic (exact) mass is 468 g/mol. The summed E-state index contributed by atoms with van der Waals surface area (Å²) in [5, 5.41) is 5.70. The van der Waals surface area contributed by atoms with Crippen molar-refractivity contribution >= 4 is 34.7 Å². The van der Waals surface area contributed by atoms with Crippen LogP contribution in [0.25, 0.3) is 21.6 Å². The predicted molar refractivity (Wildman–Crippen MR) is 137 cm³/mol. The van der Waals surface area contributed by atoms with Gasteiger partial charge in [-0.2, -0.15) is 0 Å². The molecule has 1 aliphatic rings. The number of hydrogen-bond acceptors (Lipinski definition) is 5. The lowest BCUT2D eigenvalue weighted by molar-refractivity contribution is -0.105. The first-order valence-corrected chi connectivity index (χ1v) is 12.0. The van der Waals surface area contributed by atoms with Crippen molar-refractivity contribution in [1.82, 2.24) is 15.0 Å². The molecule has 6 nitrogen and oxygen atoms in total. The zero-order valence-corrected chi connectivity index (χ0v) is 19.6. The molecule has 0 fully saturated rings. The number of anilines is 1. The lowest BCUT2D eigenvalue weighted by Gasteiger charge is -2.01. The van der Waals surface area contributed by atoms with Gasteiger partial charge in [0.05, 0.1) is 17.6 Å². The zero-order chi connectivity index (χ0) is 23.3. The summed E-state index contributed by atoms with van der Waals surface area (Å²) in [7, 11) is 0. The molecule has 170 valence electrons. The summed E-state index contributed by atoms with van der Waals surface area (Å²) in [6.45, 7) is 2.84. The van der Waals surface area contributed by atoms with Crippen molar-refractivity contribution in [3.05, 3.63) is 94.5 Å². The average Bonchev–Trinajstić information content (AvgIpc) is 3.59. The molecule has 0 bridgehead atoms. The van der Waals surface area contributed by atoms with Crippen LogP contribution in [0.3, 0.4) is 0 Å². The number of aromatic amines is 1. The molecule has 6 rings (SSSR count). The Morgan fingerprint density at radius 1 is 1.06 bits per heavy atom. The Balaban J connectivity index is 0.000000145. The summed E-state index contributed by atoms with van der Waals surface area (Å²) in [6, 6.07) is 22.7. The molecule has 0 radical (unpaired) electrons. The normalized spacial score (nSPS) is 11.9. The molecule has 0 saturated carbocycles. The smallest absolute Gasteiger partial charge is 0.213 e. The van der Waals surface area contributed by atoms with Gasteiger partial charge in [0.25, 0.3) is 0 Å². The van der Waals surface area contributed by atoms with Gasteiger partial charge >= 0.3 is 0 Å². The maximum absolute atomic E-state index is 10.4. The minimum atomic E-state index is 0.474. The van der Waals surface area contributed by atoms with Gasteiger partial charge in [-0.3, -0.25) is 10.1 Å². The van der Waals surface area contributed by atoms with E-state index in [1.54, 1.807) is 11.3 Å². The van der Waals surface area contributed by atoms with E-state index in [0.717, 1.165) is 46.9 Å². The van der Waals surface area contributed by atoms with E-state index in [0.29, 0.717) is 12.4 Å². The second kappa shape index (κ2) is 9.89. The SMILES string of the molecule is Cc1csc(-c2ccc3c(c2)CCO3)n1.O=CNc1nc2ccc(Cc3ccccc3)cc2[nH]1. The van der Waals surface area contributed by atoms with E-state index >= 15 is 0 Å². The molecule has 0 unspecified atom stereocenters. The molecule has 3 heterocycles. The lowest BCUT2D eigenvalue weighted by atomic mass is 10.0. The molecule has 2 N–H and O–H groups in total. The highest BCUT2D eigenvalue weighted by atomic mass is 32.1. The van der Waals surface area contributed by atoms with Crippen molar-refractivity contribution < 1.29 is 9.53 Å². The first kappa shape index (κ1) is 21.9. The van der Waals surface area contributed by atoms with Crippen LogP contribution in [0.5, 0.6) is 5.75 Å². The largest absolute Gasteiger partial charge is 0.493 e. The van der Waals surface area contributed by atoms with Crippen LogP contribution in [-0.2, 0) is 17.6 Å². The third kappa shape index (κ3) is 5.00. The third-order valence-corrected chi connectivity index (χ3v) is 6.56. The Labute approximate surface area is 201 Å². The summed E-state index contributed by atoms with van der Waals surface area (Å²) >= 11 is 1.70. The number of nitrogens with one attached hydrogen (secondary N) is 2. The second-order valence-electron chi connectivity index (χ2n) is 8.08. The first-order chi connectivity index (χ1) is 16.7. The Morgan fingerprint density at radius 3 is 2.74 bits per heavy atom. The Hall–Kier alpha value is -3.97. The van der Waals surface area contributed by atoms with Crippen molar-refractivity contribution in [2.45, 2.75) is 19.8 Å². The van der Waals surface area contributed by atoms with Crippen molar-refractivity contribution in [2.24, 2.45) is 0 Å². The number of H-pyrrole nitrogens is 1. The summed E-state index contributed by atoms with van der Waals surface area (Å²) < 4.78 is 5.48. The summed E-state index contributed by atoms with van der Waals surface area (Å²) in [5.74, 6) is 1.51. The van der Waals surface area contributed by atoms with Crippen molar-refractivity contribution in [3.8, 4) is 16.3 Å². The van der Waals surface area contributed by atoms with E-state index in [-0.39, 0.29) is 0 Å². The fourth-order valence-corrected chi connectivity index (χ4v) is 4.72. The van der Waals surface area contributed by atoms with Gasteiger partial charge in [0.15, 0.2) is 0 Å². The van der Waals surface area contributed by atoms with E-state index in [1.165, 1.54) is 22.3 Å². The fourth-order valence-electron chi connectivity index (χ4n) is 3.93. The van der Waals surface area contributed by atoms with E-state index in [9.17, 15) is 4.79 Å². The molecule has 3 aromatic carbocycles. The minimum Gasteiger partial charge on any atom is -0.493 e. The lowest BCUT2D eigenvalue weighted by Crippen LogP contribution is -1.94. The van der Waals surface area contributed by atoms with Gasteiger partial charge in [0, 0.05) is 23.1 Å². The minimum absolute atomic E-state index is 0.474. The highest BCUT2D eigenvalue weighted by Crippen LogP contribution is 2.31. The molecule has 0 aliphatic carbocycles. The number of hydrogen-bond donors (Lipinski definition) is 2. The maximum atomic E-state index is 10.4. The molecular weight excluding hydrogens is 444 g/mol. The first-order valence-electron chi connectivity index (χ1n) is 11.1. The number of aryl methyl sites for hydroxylation is 1. The predicted octanol–water partition coefficient (Wildman–Crippen LogP) is 5.78. The third-order valence-electron chi connectivity index (χ3n) is 5.55. The van der Waals surface area contributed by atoms with Gasteiger partial charge in [-0.1, -0.05) is 36.4 Å². The van der Waals surface area contributed by atoms with Gasteiger partial charge in [0.1, 0.15) is 10.8 Å². The maximum Gasteiger partial charge on any atom is 0.213 e. The number of benzene rings is 3. The van der Waals surface area contributed by atoms with Gasteiger partial charge in [-0.25, -0.2) is 9.97 Å². The highest BCUT2D eigenvalue weighted by molar-refractivity contribution is 7.13. The van der Waals surface area contributed by atoms with Crippen LogP contribution in [0.4, 0.5) is 5.95 Å². The van der Waals surface area contributed by atoms with Crippen LogP contribution in [0.2, 0.25) is 0 Å². The van der Waals surface area contributed by atoms with E-state index in [1.807, 2.05) is 31.2 Å². The van der Waals surface area contributed by atoms with E-state index in [4.69, 9.17) is 4.74 Å². The molecule has 0 atom stereocenters. The van der Waals surface area contributed by atoms with Crippen LogP contribution in [-0.4, -0.2) is 28.0 Å². The second-order valence-corrected chi connectivity index (χ2v) is 8.93. The van der Waals surface area contributed by atoms with Crippen molar-refractivity contribution in [2.75, 3.05) is 11.9 Å². The van der Waals surface area contributed by atoms with Crippen molar-refractivity contribution in [3.63, 3.8) is 0 Å². The number of nitrogens with zero attached hydrogens (tertiary/aromatic N) is 2. The highest BCUT2D eigenvalue weighted by Gasteiger charge is 2.13.